The van der Waals surface area contributed by atoms with Gasteiger partial charge in [0.1, 0.15) is 0 Å². The number of benzene rings is 1. The molecule has 0 radical (unpaired) electrons. The SMILES string of the molecule is CN1CCN(Cc2ccc(NC(=O)O)cc2[Si](C)(C)C)CC1. The van der Waals surface area contributed by atoms with Gasteiger partial charge in [-0.3, -0.25) is 10.2 Å². The summed E-state index contributed by atoms with van der Waals surface area (Å²) >= 11 is 0. The van der Waals surface area contributed by atoms with Crippen LogP contribution in [0.25, 0.3) is 0 Å². The van der Waals surface area contributed by atoms with Gasteiger partial charge >= 0.3 is 6.09 Å². The second-order valence-electron chi connectivity index (χ2n) is 7.13. The molecule has 122 valence electrons. The number of nitrogens with one attached hydrogen (secondary N) is 1. The van der Waals surface area contributed by atoms with Crippen molar-refractivity contribution in [1.82, 2.24) is 9.80 Å². The lowest BCUT2D eigenvalue weighted by Gasteiger charge is -2.33. The van der Waals surface area contributed by atoms with Crippen LogP contribution in [0.5, 0.6) is 0 Å². The van der Waals surface area contributed by atoms with Gasteiger partial charge in [-0.2, -0.15) is 0 Å². The molecule has 22 heavy (non-hydrogen) atoms. The summed E-state index contributed by atoms with van der Waals surface area (Å²) in [6, 6.07) is 6.01. The van der Waals surface area contributed by atoms with E-state index in [1.165, 1.54) is 10.8 Å². The molecule has 0 atom stereocenters. The number of hydrogen-bond acceptors (Lipinski definition) is 3. The normalized spacial score (nSPS) is 17.5. The quantitative estimate of drug-likeness (QED) is 0.834. The third-order valence-corrected chi connectivity index (χ3v) is 6.24. The third kappa shape index (κ3) is 4.56. The highest BCUT2D eigenvalue weighted by atomic mass is 28.3. The molecule has 0 spiro atoms. The number of likely N-dealkylation sites (N-methyl/N-ethyl adjacent to an activating group) is 1. The van der Waals surface area contributed by atoms with E-state index >= 15 is 0 Å². The van der Waals surface area contributed by atoms with E-state index in [2.05, 4.69) is 47.9 Å². The number of piperazine rings is 1. The number of amides is 1. The summed E-state index contributed by atoms with van der Waals surface area (Å²) in [6.45, 7) is 12.3. The number of carboxylic acid groups (broad SMARTS) is 1. The van der Waals surface area contributed by atoms with E-state index in [0.29, 0.717) is 5.69 Å². The molecule has 0 aromatic heterocycles. The average molecular weight is 321 g/mol. The zero-order valence-electron chi connectivity index (χ0n) is 14.0. The maximum atomic E-state index is 10.8. The number of hydrogen-bond donors (Lipinski definition) is 2. The Morgan fingerprint density at radius 1 is 1.23 bits per heavy atom. The molecule has 1 aromatic rings. The average Bonchev–Trinajstić information content (AvgIpc) is 2.41. The molecule has 1 amide bonds. The molecule has 1 aliphatic rings. The first-order valence-corrected chi connectivity index (χ1v) is 11.3. The molecule has 0 aliphatic carbocycles. The maximum absolute atomic E-state index is 10.8. The fraction of sp³-hybridized carbons (Fsp3) is 0.562. The molecule has 2 rings (SSSR count). The Bertz CT molecular complexity index is 535. The van der Waals surface area contributed by atoms with Gasteiger partial charge < -0.3 is 10.0 Å². The molecular weight excluding hydrogens is 294 g/mol. The van der Waals surface area contributed by atoms with Crippen molar-refractivity contribution in [1.29, 1.82) is 0 Å². The zero-order chi connectivity index (χ0) is 16.3. The molecular formula is C16H27N3O2Si. The van der Waals surface area contributed by atoms with Gasteiger partial charge in [0.25, 0.3) is 0 Å². The molecule has 6 heteroatoms. The van der Waals surface area contributed by atoms with Gasteiger partial charge in [0.2, 0.25) is 0 Å². The summed E-state index contributed by atoms with van der Waals surface area (Å²) in [4.78, 5) is 15.7. The maximum Gasteiger partial charge on any atom is 0.409 e. The minimum Gasteiger partial charge on any atom is -0.465 e. The third-order valence-electron chi connectivity index (χ3n) is 4.16. The Morgan fingerprint density at radius 2 is 1.86 bits per heavy atom. The lowest BCUT2D eigenvalue weighted by Crippen LogP contribution is -2.46. The predicted octanol–water partition coefficient (Wildman–Crippen LogP) is 2.07. The van der Waals surface area contributed by atoms with Crippen LogP contribution in [0.2, 0.25) is 19.6 Å². The topological polar surface area (TPSA) is 55.8 Å². The molecule has 0 saturated carbocycles. The molecule has 0 unspecified atom stereocenters. The predicted molar refractivity (Wildman–Crippen MR) is 93.8 cm³/mol. The Balaban J connectivity index is 2.20. The number of anilines is 1. The standard InChI is InChI=1S/C16H27N3O2Si/c1-18-7-9-19(10-8-18)12-13-5-6-14(17-16(20)21)11-15(13)22(2,3)4/h5-6,11,17H,7-10,12H2,1-4H3,(H,20,21). The first-order valence-electron chi connectivity index (χ1n) is 7.80. The minimum atomic E-state index is -1.53. The zero-order valence-corrected chi connectivity index (χ0v) is 15.0. The van der Waals surface area contributed by atoms with Crippen molar-refractivity contribution in [3.63, 3.8) is 0 Å². The smallest absolute Gasteiger partial charge is 0.409 e. The summed E-state index contributed by atoms with van der Waals surface area (Å²) in [7, 11) is 0.636. The van der Waals surface area contributed by atoms with Crippen LogP contribution in [-0.2, 0) is 6.54 Å². The number of nitrogens with zero attached hydrogens (tertiary/aromatic N) is 2. The van der Waals surface area contributed by atoms with E-state index in [9.17, 15) is 4.79 Å². The van der Waals surface area contributed by atoms with Crippen LogP contribution in [0, 0.1) is 0 Å². The van der Waals surface area contributed by atoms with Crippen molar-refractivity contribution in [3.05, 3.63) is 23.8 Å². The van der Waals surface area contributed by atoms with E-state index in [1.807, 2.05) is 12.1 Å². The summed E-state index contributed by atoms with van der Waals surface area (Å²) < 4.78 is 0. The molecule has 1 aromatic carbocycles. The summed E-state index contributed by atoms with van der Waals surface area (Å²) in [5, 5.41) is 12.7. The molecule has 1 heterocycles. The molecule has 1 aliphatic heterocycles. The van der Waals surface area contributed by atoms with Crippen LogP contribution in [0.3, 0.4) is 0 Å². The van der Waals surface area contributed by atoms with Crippen LogP contribution in [0.4, 0.5) is 10.5 Å². The van der Waals surface area contributed by atoms with Gasteiger partial charge in [-0.05, 0) is 24.7 Å². The first kappa shape index (κ1) is 17.0. The molecule has 2 N–H and O–H groups in total. The second kappa shape index (κ2) is 6.81. The van der Waals surface area contributed by atoms with Crippen molar-refractivity contribution in [2.24, 2.45) is 0 Å². The Kier molecular flexibility index (Phi) is 5.26. The van der Waals surface area contributed by atoms with Crippen molar-refractivity contribution in [2.45, 2.75) is 26.2 Å². The lowest BCUT2D eigenvalue weighted by atomic mass is 10.1. The van der Waals surface area contributed by atoms with Crippen molar-refractivity contribution >= 4 is 25.0 Å². The van der Waals surface area contributed by atoms with E-state index in [4.69, 9.17) is 5.11 Å². The van der Waals surface area contributed by atoms with Crippen LogP contribution in [0.15, 0.2) is 18.2 Å². The molecule has 5 nitrogen and oxygen atoms in total. The fourth-order valence-electron chi connectivity index (χ4n) is 2.86. The van der Waals surface area contributed by atoms with Crippen molar-refractivity contribution in [3.8, 4) is 0 Å². The van der Waals surface area contributed by atoms with Gasteiger partial charge in [-0.15, -0.1) is 0 Å². The van der Waals surface area contributed by atoms with Crippen LogP contribution >= 0.6 is 0 Å². The number of rotatable bonds is 4. The van der Waals surface area contributed by atoms with Crippen LogP contribution < -0.4 is 10.5 Å². The van der Waals surface area contributed by atoms with E-state index in [0.717, 1.165) is 32.7 Å². The lowest BCUT2D eigenvalue weighted by molar-refractivity contribution is 0.148. The Labute approximate surface area is 133 Å². The van der Waals surface area contributed by atoms with Gasteiger partial charge in [0, 0.05) is 38.4 Å². The summed E-state index contributed by atoms with van der Waals surface area (Å²) in [5.74, 6) is 0. The first-order chi connectivity index (χ1) is 10.3. The van der Waals surface area contributed by atoms with Gasteiger partial charge in [-0.25, -0.2) is 4.79 Å². The van der Waals surface area contributed by atoms with Crippen molar-refractivity contribution in [2.75, 3.05) is 38.5 Å². The highest BCUT2D eigenvalue weighted by Gasteiger charge is 2.23. The largest absolute Gasteiger partial charge is 0.465 e. The molecule has 1 fully saturated rings. The van der Waals surface area contributed by atoms with E-state index in [1.54, 1.807) is 0 Å². The highest BCUT2D eigenvalue weighted by molar-refractivity contribution is 6.89. The van der Waals surface area contributed by atoms with Gasteiger partial charge in [-0.1, -0.05) is 30.9 Å². The van der Waals surface area contributed by atoms with E-state index < -0.39 is 14.2 Å². The number of carbonyl (C=O) groups is 1. The highest BCUT2D eigenvalue weighted by Crippen LogP contribution is 2.16. The fourth-order valence-corrected chi connectivity index (χ4v) is 4.57. The summed E-state index contributed by atoms with van der Waals surface area (Å²) in [6.07, 6.45) is -1.01. The van der Waals surface area contributed by atoms with Crippen LogP contribution in [0.1, 0.15) is 5.56 Å². The van der Waals surface area contributed by atoms with Crippen LogP contribution in [-0.4, -0.2) is 62.3 Å². The Morgan fingerprint density at radius 3 is 2.41 bits per heavy atom. The minimum absolute atomic E-state index is 0.673. The van der Waals surface area contributed by atoms with Crippen molar-refractivity contribution < 1.29 is 9.90 Å². The van der Waals surface area contributed by atoms with E-state index in [-0.39, 0.29) is 0 Å². The Hall–Kier alpha value is -1.37. The van der Waals surface area contributed by atoms with Gasteiger partial charge in [0.05, 0.1) is 8.07 Å². The monoisotopic (exact) mass is 321 g/mol. The van der Waals surface area contributed by atoms with Gasteiger partial charge in [0.15, 0.2) is 0 Å². The molecule has 1 saturated heterocycles. The second-order valence-corrected chi connectivity index (χ2v) is 12.2. The molecule has 0 bridgehead atoms. The summed E-state index contributed by atoms with van der Waals surface area (Å²) in [5.41, 5.74) is 2.02.